The number of halogens is 4. The van der Waals surface area contributed by atoms with Crippen LogP contribution in [0.25, 0.3) is 0 Å². The van der Waals surface area contributed by atoms with Crippen LogP contribution in [0, 0.1) is 5.82 Å². The molecule has 3 atom stereocenters. The van der Waals surface area contributed by atoms with Gasteiger partial charge in [0.15, 0.2) is 0 Å². The number of pyridine rings is 1. The van der Waals surface area contributed by atoms with Crippen LogP contribution in [-0.2, 0) is 15.0 Å². The Hall–Kier alpha value is -3.01. The summed E-state index contributed by atoms with van der Waals surface area (Å²) in [5.41, 5.74) is 1.21. The third-order valence-electron chi connectivity index (χ3n) is 7.27. The minimum absolute atomic E-state index is 0.0673. The first-order chi connectivity index (χ1) is 17.9. The molecule has 2 N–H and O–H groups in total. The summed E-state index contributed by atoms with van der Waals surface area (Å²) in [5.74, 6) is -4.85. The van der Waals surface area contributed by atoms with Crippen LogP contribution in [0.4, 0.5) is 23.2 Å². The maximum atomic E-state index is 14.8. The van der Waals surface area contributed by atoms with Crippen LogP contribution in [-0.4, -0.2) is 47.5 Å². The first kappa shape index (κ1) is 28.0. The van der Waals surface area contributed by atoms with Gasteiger partial charge in [-0.05, 0) is 55.0 Å². The van der Waals surface area contributed by atoms with E-state index in [0.717, 1.165) is 17.8 Å². The fourth-order valence-electron chi connectivity index (χ4n) is 5.05. The number of nitrogens with zero attached hydrogens (tertiary/aromatic N) is 2. The first-order valence-corrected chi connectivity index (χ1v) is 13.0. The van der Waals surface area contributed by atoms with E-state index in [1.54, 1.807) is 12.1 Å². The summed E-state index contributed by atoms with van der Waals surface area (Å²) in [4.78, 5) is 32.7. The molecule has 1 saturated carbocycles. The number of rotatable bonds is 6. The van der Waals surface area contributed by atoms with Crippen molar-refractivity contribution in [3.05, 3.63) is 59.7 Å². The molecule has 10 heteroatoms. The van der Waals surface area contributed by atoms with E-state index in [1.807, 2.05) is 32.9 Å². The van der Waals surface area contributed by atoms with Crippen molar-refractivity contribution in [1.29, 1.82) is 0 Å². The zero-order valence-corrected chi connectivity index (χ0v) is 21.8. The molecule has 3 unspecified atom stereocenters. The molecule has 1 aromatic carbocycles. The van der Waals surface area contributed by atoms with Crippen molar-refractivity contribution in [3.8, 4) is 0 Å². The Kier molecular flexibility index (Phi) is 8.11. The molecule has 1 saturated heterocycles. The minimum atomic E-state index is -2.78. The van der Waals surface area contributed by atoms with Gasteiger partial charge in [-0.25, -0.2) is 17.6 Å². The molecule has 2 aliphatic rings. The van der Waals surface area contributed by atoms with Gasteiger partial charge in [0.05, 0.1) is 6.20 Å². The van der Waals surface area contributed by atoms with Gasteiger partial charge < -0.3 is 10.6 Å². The first-order valence-electron chi connectivity index (χ1n) is 13.0. The van der Waals surface area contributed by atoms with E-state index in [1.165, 1.54) is 11.1 Å². The minimum Gasteiger partial charge on any atom is -0.351 e. The Bertz CT molecular complexity index is 1140. The van der Waals surface area contributed by atoms with Gasteiger partial charge in [-0.15, -0.1) is 0 Å². The van der Waals surface area contributed by atoms with Gasteiger partial charge in [-0.2, -0.15) is 0 Å². The second-order valence-electron chi connectivity index (χ2n) is 11.2. The number of benzene rings is 1. The summed E-state index contributed by atoms with van der Waals surface area (Å²) >= 11 is 0. The smallest absolute Gasteiger partial charge is 0.248 e. The Morgan fingerprint density at radius 1 is 1.11 bits per heavy atom. The van der Waals surface area contributed by atoms with E-state index < -0.39 is 47.9 Å². The second kappa shape index (κ2) is 11.0. The van der Waals surface area contributed by atoms with Crippen molar-refractivity contribution in [2.24, 2.45) is 0 Å². The number of amides is 2. The maximum Gasteiger partial charge on any atom is 0.248 e. The van der Waals surface area contributed by atoms with Gasteiger partial charge in [-0.1, -0.05) is 32.9 Å². The van der Waals surface area contributed by atoms with Gasteiger partial charge in [-0.3, -0.25) is 19.5 Å². The van der Waals surface area contributed by atoms with E-state index >= 15 is 0 Å². The van der Waals surface area contributed by atoms with Crippen LogP contribution in [0.15, 0.2) is 42.7 Å². The van der Waals surface area contributed by atoms with Crippen LogP contribution in [0.5, 0.6) is 0 Å². The van der Waals surface area contributed by atoms with Gasteiger partial charge >= 0.3 is 0 Å². The summed E-state index contributed by atoms with van der Waals surface area (Å²) in [6.45, 7) is 6.39. The van der Waals surface area contributed by atoms with Gasteiger partial charge in [0.1, 0.15) is 24.1 Å². The highest BCUT2D eigenvalue weighted by Crippen LogP contribution is 2.35. The molecule has 0 radical (unpaired) electrons. The van der Waals surface area contributed by atoms with E-state index in [2.05, 4.69) is 15.6 Å². The van der Waals surface area contributed by atoms with Gasteiger partial charge in [0.25, 0.3) is 0 Å². The Morgan fingerprint density at radius 3 is 2.32 bits per heavy atom. The average Bonchev–Trinajstić information content (AvgIpc) is 3.28. The van der Waals surface area contributed by atoms with Crippen LogP contribution in [0.1, 0.15) is 70.0 Å². The number of anilines is 1. The number of hydrogen-bond acceptors (Lipinski definition) is 4. The molecular formula is C28H34F4N4O2. The monoisotopic (exact) mass is 534 g/mol. The molecule has 206 valence electrons. The third-order valence-corrected chi connectivity index (χ3v) is 7.27. The molecule has 1 aliphatic heterocycles. The molecule has 0 bridgehead atoms. The highest BCUT2D eigenvalue weighted by Gasteiger charge is 2.43. The summed E-state index contributed by atoms with van der Waals surface area (Å²) in [6, 6.07) is 4.98. The number of nitrogens with one attached hydrogen (secondary N) is 2. The van der Waals surface area contributed by atoms with E-state index in [4.69, 9.17) is 0 Å². The molecule has 2 fully saturated rings. The normalized spacial score (nSPS) is 22.6. The molecular weight excluding hydrogens is 500 g/mol. The molecule has 6 nitrogen and oxygen atoms in total. The molecule has 1 aliphatic carbocycles. The summed E-state index contributed by atoms with van der Waals surface area (Å²) < 4.78 is 56.5. The lowest BCUT2D eigenvalue weighted by molar-refractivity contribution is -0.129. The van der Waals surface area contributed by atoms with E-state index in [-0.39, 0.29) is 43.1 Å². The molecule has 1 aromatic heterocycles. The Labute approximate surface area is 220 Å². The molecule has 2 aromatic rings. The van der Waals surface area contributed by atoms with Crippen molar-refractivity contribution in [1.82, 2.24) is 15.6 Å². The van der Waals surface area contributed by atoms with Gasteiger partial charge in [0, 0.05) is 36.3 Å². The van der Waals surface area contributed by atoms with Crippen LogP contribution < -0.4 is 15.5 Å². The maximum absolute atomic E-state index is 14.8. The lowest BCUT2D eigenvalue weighted by Gasteiger charge is -2.36. The highest BCUT2D eigenvalue weighted by atomic mass is 19.3. The summed E-state index contributed by atoms with van der Waals surface area (Å²) in [7, 11) is 0. The predicted molar refractivity (Wildman–Crippen MR) is 136 cm³/mol. The van der Waals surface area contributed by atoms with Crippen LogP contribution >= 0.6 is 0 Å². The van der Waals surface area contributed by atoms with E-state index in [0.29, 0.717) is 12.2 Å². The van der Waals surface area contributed by atoms with Crippen LogP contribution in [0.2, 0.25) is 0 Å². The zero-order chi connectivity index (χ0) is 27.7. The standard InChI is InChI=1S/C28H34F4N4O2/c1-27(2,3)18-4-6-21(7-5-18)36(26(38)23-22(30)10-13-34-23)24(17-14-19(29)16-33-15-17)25(37)35-20-8-11-28(31,32)12-9-20/h4-7,14-16,20,22-24,34H,8-13H2,1-3H3,(H,35,37). The van der Waals surface area contributed by atoms with Crippen molar-refractivity contribution >= 4 is 17.5 Å². The topological polar surface area (TPSA) is 74.3 Å². The van der Waals surface area contributed by atoms with Crippen molar-refractivity contribution in [2.45, 2.75) is 88.5 Å². The number of carbonyl (C=O) groups is 2. The van der Waals surface area contributed by atoms with Gasteiger partial charge in [0.2, 0.25) is 17.7 Å². The highest BCUT2D eigenvalue weighted by molar-refractivity contribution is 6.04. The van der Waals surface area contributed by atoms with Crippen molar-refractivity contribution in [3.63, 3.8) is 0 Å². The summed E-state index contributed by atoms with van der Waals surface area (Å²) in [6.07, 6.45) is 0.335. The predicted octanol–water partition coefficient (Wildman–Crippen LogP) is 4.99. The van der Waals surface area contributed by atoms with Crippen LogP contribution in [0.3, 0.4) is 0 Å². The van der Waals surface area contributed by atoms with E-state index in [9.17, 15) is 27.2 Å². The number of alkyl halides is 3. The molecule has 2 heterocycles. The SMILES string of the molecule is CC(C)(C)c1ccc(N(C(=O)C2NCCC2F)C(C(=O)NC2CCC(F)(F)CC2)c2cncc(F)c2)cc1. The van der Waals surface area contributed by atoms with Crippen molar-refractivity contribution < 1.29 is 27.2 Å². The Balaban J connectivity index is 1.76. The zero-order valence-electron chi connectivity index (χ0n) is 21.8. The number of carbonyl (C=O) groups excluding carboxylic acids is 2. The fraction of sp³-hybridized carbons (Fsp3) is 0.536. The average molecular weight is 535 g/mol. The fourth-order valence-corrected chi connectivity index (χ4v) is 5.05. The molecule has 38 heavy (non-hydrogen) atoms. The number of hydrogen-bond donors (Lipinski definition) is 2. The lowest BCUT2D eigenvalue weighted by Crippen LogP contribution is -2.53. The number of aromatic nitrogens is 1. The Morgan fingerprint density at radius 2 is 1.76 bits per heavy atom. The second-order valence-corrected chi connectivity index (χ2v) is 11.2. The quantitative estimate of drug-likeness (QED) is 0.513. The molecule has 4 rings (SSSR count). The lowest BCUT2D eigenvalue weighted by atomic mass is 9.87. The third kappa shape index (κ3) is 6.34. The molecule has 0 spiro atoms. The largest absolute Gasteiger partial charge is 0.351 e. The summed E-state index contributed by atoms with van der Waals surface area (Å²) in [5, 5.41) is 5.65. The molecule has 2 amide bonds. The van der Waals surface area contributed by atoms with Crippen molar-refractivity contribution in [2.75, 3.05) is 11.4 Å².